The SMILES string of the molecule is CC(C(=O)C1CCNCC1)N1CCC[C@@H](C=O)C1. The minimum absolute atomic E-state index is 0.0177. The lowest BCUT2D eigenvalue weighted by Gasteiger charge is -2.36. The van der Waals surface area contributed by atoms with Crippen LogP contribution in [0.3, 0.4) is 0 Å². The van der Waals surface area contributed by atoms with E-state index in [-0.39, 0.29) is 17.9 Å². The first-order chi connectivity index (χ1) is 8.72. The zero-order chi connectivity index (χ0) is 13.0. The van der Waals surface area contributed by atoms with Crippen LogP contribution in [0.15, 0.2) is 0 Å². The highest BCUT2D eigenvalue weighted by atomic mass is 16.1. The molecule has 0 aromatic carbocycles. The van der Waals surface area contributed by atoms with Gasteiger partial charge in [0.05, 0.1) is 6.04 Å². The van der Waals surface area contributed by atoms with Gasteiger partial charge in [-0.2, -0.15) is 0 Å². The lowest BCUT2D eigenvalue weighted by Crippen LogP contribution is -2.48. The summed E-state index contributed by atoms with van der Waals surface area (Å²) < 4.78 is 0. The van der Waals surface area contributed by atoms with Gasteiger partial charge >= 0.3 is 0 Å². The first-order valence-electron chi connectivity index (χ1n) is 7.16. The van der Waals surface area contributed by atoms with E-state index in [0.29, 0.717) is 5.78 Å². The number of Topliss-reactive ketones (excluding diaryl/α,β-unsaturated/α-hetero) is 1. The van der Waals surface area contributed by atoms with Crippen LogP contribution in [-0.4, -0.2) is 49.2 Å². The van der Waals surface area contributed by atoms with Gasteiger partial charge in [0.25, 0.3) is 0 Å². The van der Waals surface area contributed by atoms with Crippen molar-refractivity contribution in [2.45, 2.75) is 38.6 Å². The van der Waals surface area contributed by atoms with Crippen molar-refractivity contribution in [1.29, 1.82) is 0 Å². The average Bonchev–Trinajstić information content (AvgIpc) is 2.46. The Morgan fingerprint density at radius 3 is 2.72 bits per heavy atom. The van der Waals surface area contributed by atoms with Crippen molar-refractivity contribution in [1.82, 2.24) is 10.2 Å². The van der Waals surface area contributed by atoms with Crippen LogP contribution >= 0.6 is 0 Å². The fourth-order valence-electron chi connectivity index (χ4n) is 3.13. The molecular formula is C14H24N2O2. The Bertz CT molecular complexity index is 300. The zero-order valence-corrected chi connectivity index (χ0v) is 11.2. The molecule has 0 aliphatic carbocycles. The molecule has 0 radical (unpaired) electrons. The molecule has 2 fully saturated rings. The molecule has 4 nitrogen and oxygen atoms in total. The minimum atomic E-state index is -0.0177. The summed E-state index contributed by atoms with van der Waals surface area (Å²) in [7, 11) is 0. The Balaban J connectivity index is 1.90. The van der Waals surface area contributed by atoms with Crippen LogP contribution in [0.1, 0.15) is 32.6 Å². The number of aldehydes is 1. The molecule has 1 N–H and O–H groups in total. The number of nitrogens with one attached hydrogen (secondary N) is 1. The van der Waals surface area contributed by atoms with Gasteiger partial charge in [0.1, 0.15) is 6.29 Å². The molecule has 0 saturated carbocycles. The van der Waals surface area contributed by atoms with Crippen LogP contribution in [0, 0.1) is 11.8 Å². The Morgan fingerprint density at radius 2 is 2.06 bits per heavy atom. The van der Waals surface area contributed by atoms with Gasteiger partial charge in [0.15, 0.2) is 5.78 Å². The monoisotopic (exact) mass is 252 g/mol. The number of piperidine rings is 2. The summed E-state index contributed by atoms with van der Waals surface area (Å²) >= 11 is 0. The number of nitrogens with zero attached hydrogens (tertiary/aromatic N) is 1. The van der Waals surface area contributed by atoms with E-state index in [9.17, 15) is 9.59 Å². The third-order valence-electron chi connectivity index (χ3n) is 4.38. The second-order valence-corrected chi connectivity index (χ2v) is 5.64. The third kappa shape index (κ3) is 3.18. The van der Waals surface area contributed by atoms with E-state index in [1.807, 2.05) is 6.92 Å². The zero-order valence-electron chi connectivity index (χ0n) is 11.2. The highest BCUT2D eigenvalue weighted by Gasteiger charge is 2.31. The summed E-state index contributed by atoms with van der Waals surface area (Å²) in [5.74, 6) is 0.725. The highest BCUT2D eigenvalue weighted by molar-refractivity contribution is 5.86. The fraction of sp³-hybridized carbons (Fsp3) is 0.857. The van der Waals surface area contributed by atoms with Gasteiger partial charge in [-0.3, -0.25) is 9.69 Å². The molecule has 0 aromatic rings. The van der Waals surface area contributed by atoms with Crippen molar-refractivity contribution in [3.8, 4) is 0 Å². The smallest absolute Gasteiger partial charge is 0.152 e. The van der Waals surface area contributed by atoms with Crippen molar-refractivity contribution >= 4 is 12.1 Å². The Hall–Kier alpha value is -0.740. The summed E-state index contributed by atoms with van der Waals surface area (Å²) in [6.07, 6.45) is 5.00. The molecule has 0 aromatic heterocycles. The molecule has 1 unspecified atom stereocenters. The Labute approximate surface area is 109 Å². The molecule has 2 atom stereocenters. The number of carbonyl (C=O) groups excluding carboxylic acids is 2. The fourth-order valence-corrected chi connectivity index (χ4v) is 3.13. The van der Waals surface area contributed by atoms with E-state index >= 15 is 0 Å². The lowest BCUT2D eigenvalue weighted by molar-refractivity contribution is -0.130. The maximum Gasteiger partial charge on any atom is 0.152 e. The van der Waals surface area contributed by atoms with Gasteiger partial charge in [-0.1, -0.05) is 0 Å². The third-order valence-corrected chi connectivity index (χ3v) is 4.38. The predicted molar refractivity (Wildman–Crippen MR) is 70.4 cm³/mol. The molecule has 2 heterocycles. The largest absolute Gasteiger partial charge is 0.317 e. The highest BCUT2D eigenvalue weighted by Crippen LogP contribution is 2.21. The molecular weight excluding hydrogens is 228 g/mol. The Kier molecular flexibility index (Phi) is 4.89. The molecule has 102 valence electrons. The molecule has 2 aliphatic heterocycles. The van der Waals surface area contributed by atoms with E-state index in [4.69, 9.17) is 0 Å². The molecule has 0 spiro atoms. The maximum atomic E-state index is 12.4. The van der Waals surface area contributed by atoms with Crippen LogP contribution in [0.5, 0.6) is 0 Å². The second kappa shape index (κ2) is 6.43. The van der Waals surface area contributed by atoms with Crippen LogP contribution < -0.4 is 5.32 Å². The number of ketones is 1. The topological polar surface area (TPSA) is 49.4 Å². The van der Waals surface area contributed by atoms with Crippen molar-refractivity contribution in [3.05, 3.63) is 0 Å². The summed E-state index contributed by atoms with van der Waals surface area (Å²) in [5, 5.41) is 3.29. The summed E-state index contributed by atoms with van der Waals surface area (Å²) in [5.41, 5.74) is 0. The van der Waals surface area contributed by atoms with Crippen molar-refractivity contribution in [3.63, 3.8) is 0 Å². The number of rotatable bonds is 4. The van der Waals surface area contributed by atoms with Crippen LogP contribution in [-0.2, 0) is 9.59 Å². The quantitative estimate of drug-likeness (QED) is 0.754. The number of hydrogen-bond acceptors (Lipinski definition) is 4. The normalized spacial score (nSPS) is 28.8. The summed E-state index contributed by atoms with van der Waals surface area (Å²) in [6, 6.07) is -0.0177. The number of likely N-dealkylation sites (tertiary alicyclic amines) is 1. The molecule has 4 heteroatoms. The molecule has 0 amide bonds. The van der Waals surface area contributed by atoms with Crippen molar-refractivity contribution < 1.29 is 9.59 Å². The van der Waals surface area contributed by atoms with Gasteiger partial charge in [-0.05, 0) is 52.2 Å². The van der Waals surface area contributed by atoms with Crippen LogP contribution in [0.2, 0.25) is 0 Å². The van der Waals surface area contributed by atoms with Gasteiger partial charge in [-0.25, -0.2) is 0 Å². The first-order valence-corrected chi connectivity index (χ1v) is 7.16. The second-order valence-electron chi connectivity index (χ2n) is 5.64. The van der Waals surface area contributed by atoms with Gasteiger partial charge in [0.2, 0.25) is 0 Å². The van der Waals surface area contributed by atoms with E-state index < -0.39 is 0 Å². The van der Waals surface area contributed by atoms with Crippen LogP contribution in [0.25, 0.3) is 0 Å². The van der Waals surface area contributed by atoms with E-state index in [2.05, 4.69) is 10.2 Å². The first kappa shape index (κ1) is 13.7. The molecule has 2 rings (SSSR count). The summed E-state index contributed by atoms with van der Waals surface area (Å²) in [6.45, 7) is 5.65. The van der Waals surface area contributed by atoms with Crippen molar-refractivity contribution in [2.75, 3.05) is 26.2 Å². The van der Waals surface area contributed by atoms with Gasteiger partial charge in [-0.15, -0.1) is 0 Å². The Morgan fingerprint density at radius 1 is 1.33 bits per heavy atom. The maximum absolute atomic E-state index is 12.4. The molecule has 0 bridgehead atoms. The molecule has 2 saturated heterocycles. The standard InChI is InChI=1S/C14H24N2O2/c1-11(14(18)13-4-6-15-7-5-13)16-8-2-3-12(9-16)10-17/h10-13,15H,2-9H2,1H3/t11?,12-/m1/s1. The minimum Gasteiger partial charge on any atom is -0.317 e. The van der Waals surface area contributed by atoms with E-state index in [1.165, 1.54) is 0 Å². The number of carbonyl (C=O) groups is 2. The predicted octanol–water partition coefficient (Wildman–Crippen LogP) is 0.855. The average molecular weight is 252 g/mol. The molecule has 18 heavy (non-hydrogen) atoms. The van der Waals surface area contributed by atoms with E-state index in [1.54, 1.807) is 0 Å². The van der Waals surface area contributed by atoms with Gasteiger partial charge in [0, 0.05) is 18.4 Å². The van der Waals surface area contributed by atoms with E-state index in [0.717, 1.165) is 58.1 Å². The lowest BCUT2D eigenvalue weighted by atomic mass is 9.88. The number of hydrogen-bond donors (Lipinski definition) is 1. The van der Waals surface area contributed by atoms with Crippen LogP contribution in [0.4, 0.5) is 0 Å². The molecule has 2 aliphatic rings. The summed E-state index contributed by atoms with van der Waals surface area (Å²) in [4.78, 5) is 25.5. The van der Waals surface area contributed by atoms with Crippen molar-refractivity contribution in [2.24, 2.45) is 11.8 Å². The van der Waals surface area contributed by atoms with Gasteiger partial charge < -0.3 is 10.1 Å².